The SMILES string of the molecule is CNc1cc(NCCc2ccc(F)cc2F)ncn1. The van der Waals surface area contributed by atoms with Crippen LogP contribution in [-0.4, -0.2) is 23.6 Å². The maximum absolute atomic E-state index is 13.4. The Morgan fingerprint density at radius 2 is 1.89 bits per heavy atom. The van der Waals surface area contributed by atoms with Gasteiger partial charge >= 0.3 is 0 Å². The van der Waals surface area contributed by atoms with Crippen molar-refractivity contribution in [1.82, 2.24) is 9.97 Å². The molecule has 1 aromatic heterocycles. The molecular weight excluding hydrogens is 250 g/mol. The van der Waals surface area contributed by atoms with Gasteiger partial charge in [0.2, 0.25) is 0 Å². The molecule has 0 aliphatic heterocycles. The minimum absolute atomic E-state index is 0.449. The van der Waals surface area contributed by atoms with Gasteiger partial charge in [0.25, 0.3) is 0 Å². The van der Waals surface area contributed by atoms with Crippen LogP contribution in [0.5, 0.6) is 0 Å². The number of aromatic nitrogens is 2. The number of nitrogens with zero attached hydrogens (tertiary/aromatic N) is 2. The third kappa shape index (κ3) is 3.61. The molecule has 1 aromatic carbocycles. The van der Waals surface area contributed by atoms with Crippen molar-refractivity contribution in [2.75, 3.05) is 24.2 Å². The van der Waals surface area contributed by atoms with E-state index in [0.29, 0.717) is 30.2 Å². The highest BCUT2D eigenvalue weighted by Crippen LogP contribution is 2.11. The second kappa shape index (κ2) is 6.08. The third-order valence-corrected chi connectivity index (χ3v) is 2.64. The van der Waals surface area contributed by atoms with E-state index in [1.54, 1.807) is 13.1 Å². The Kier molecular flexibility index (Phi) is 4.22. The first-order valence-corrected chi connectivity index (χ1v) is 5.86. The number of halogens is 2. The van der Waals surface area contributed by atoms with Crippen molar-refractivity contribution < 1.29 is 8.78 Å². The quantitative estimate of drug-likeness (QED) is 0.871. The average Bonchev–Trinajstić information content (AvgIpc) is 2.41. The van der Waals surface area contributed by atoms with Gasteiger partial charge in [0.15, 0.2) is 0 Å². The van der Waals surface area contributed by atoms with Gasteiger partial charge in [-0.05, 0) is 18.1 Å². The van der Waals surface area contributed by atoms with E-state index in [1.165, 1.54) is 18.5 Å². The lowest BCUT2D eigenvalue weighted by Crippen LogP contribution is -2.08. The lowest BCUT2D eigenvalue weighted by molar-refractivity contribution is 0.572. The second-order valence-corrected chi connectivity index (χ2v) is 3.95. The summed E-state index contributed by atoms with van der Waals surface area (Å²) in [7, 11) is 1.76. The normalized spacial score (nSPS) is 10.3. The maximum Gasteiger partial charge on any atom is 0.131 e. The first-order valence-electron chi connectivity index (χ1n) is 5.86. The van der Waals surface area contributed by atoms with Crippen LogP contribution in [-0.2, 0) is 6.42 Å². The molecule has 0 unspecified atom stereocenters. The Balaban J connectivity index is 1.92. The topological polar surface area (TPSA) is 49.8 Å². The predicted octanol–water partition coefficient (Wildman–Crippen LogP) is 2.45. The molecule has 0 saturated carbocycles. The third-order valence-electron chi connectivity index (χ3n) is 2.64. The molecule has 19 heavy (non-hydrogen) atoms. The summed E-state index contributed by atoms with van der Waals surface area (Å²) >= 11 is 0. The van der Waals surface area contributed by atoms with Gasteiger partial charge in [-0.25, -0.2) is 18.7 Å². The predicted molar refractivity (Wildman–Crippen MR) is 70.1 cm³/mol. The fraction of sp³-hybridized carbons (Fsp3) is 0.231. The van der Waals surface area contributed by atoms with Crippen LogP contribution in [0.4, 0.5) is 20.4 Å². The minimum Gasteiger partial charge on any atom is -0.373 e. The number of hydrogen-bond acceptors (Lipinski definition) is 4. The van der Waals surface area contributed by atoms with E-state index in [0.717, 1.165) is 6.07 Å². The highest BCUT2D eigenvalue weighted by atomic mass is 19.1. The minimum atomic E-state index is -0.566. The van der Waals surface area contributed by atoms with Crippen LogP contribution in [0.3, 0.4) is 0 Å². The van der Waals surface area contributed by atoms with Crippen LogP contribution < -0.4 is 10.6 Å². The van der Waals surface area contributed by atoms with Gasteiger partial charge in [-0.2, -0.15) is 0 Å². The van der Waals surface area contributed by atoms with Crippen LogP contribution in [0.15, 0.2) is 30.6 Å². The molecule has 0 spiro atoms. The van der Waals surface area contributed by atoms with Crippen molar-refractivity contribution in [3.8, 4) is 0 Å². The van der Waals surface area contributed by atoms with Crippen molar-refractivity contribution in [2.24, 2.45) is 0 Å². The molecule has 1 heterocycles. The van der Waals surface area contributed by atoms with Crippen molar-refractivity contribution in [2.45, 2.75) is 6.42 Å². The van der Waals surface area contributed by atoms with Gasteiger partial charge in [0.1, 0.15) is 29.6 Å². The van der Waals surface area contributed by atoms with Gasteiger partial charge in [-0.15, -0.1) is 0 Å². The molecular formula is C13H14F2N4. The lowest BCUT2D eigenvalue weighted by Gasteiger charge is -2.07. The second-order valence-electron chi connectivity index (χ2n) is 3.95. The average molecular weight is 264 g/mol. The molecule has 0 radical (unpaired) electrons. The van der Waals surface area contributed by atoms with Crippen molar-refractivity contribution >= 4 is 11.6 Å². The number of benzene rings is 1. The van der Waals surface area contributed by atoms with E-state index in [-0.39, 0.29) is 0 Å². The summed E-state index contributed by atoms with van der Waals surface area (Å²) in [4.78, 5) is 8.02. The highest BCUT2D eigenvalue weighted by molar-refractivity contribution is 5.45. The smallest absolute Gasteiger partial charge is 0.131 e. The molecule has 0 aliphatic carbocycles. The van der Waals surface area contributed by atoms with Gasteiger partial charge < -0.3 is 10.6 Å². The number of rotatable bonds is 5. The molecule has 2 N–H and O–H groups in total. The van der Waals surface area contributed by atoms with Gasteiger partial charge in [0.05, 0.1) is 0 Å². The van der Waals surface area contributed by atoms with Crippen LogP contribution in [0.25, 0.3) is 0 Å². The molecule has 0 saturated heterocycles. The van der Waals surface area contributed by atoms with E-state index >= 15 is 0 Å². The fourth-order valence-electron chi connectivity index (χ4n) is 1.64. The number of anilines is 2. The molecule has 0 fully saturated rings. The summed E-state index contributed by atoms with van der Waals surface area (Å²) in [5.41, 5.74) is 0.469. The van der Waals surface area contributed by atoms with E-state index in [2.05, 4.69) is 20.6 Å². The van der Waals surface area contributed by atoms with Crippen LogP contribution in [0.1, 0.15) is 5.56 Å². The standard InChI is InChI=1S/C13H14F2N4/c1-16-12-7-13(19-8-18-12)17-5-4-9-2-3-10(14)6-11(9)15/h2-3,6-8H,4-5H2,1H3,(H2,16,17,18,19). The summed E-state index contributed by atoms with van der Waals surface area (Å²) in [6, 6.07) is 5.34. The summed E-state index contributed by atoms with van der Waals surface area (Å²) in [6.45, 7) is 0.503. The van der Waals surface area contributed by atoms with Gasteiger partial charge in [-0.1, -0.05) is 6.07 Å². The van der Waals surface area contributed by atoms with Crippen molar-refractivity contribution in [3.63, 3.8) is 0 Å². The van der Waals surface area contributed by atoms with Gasteiger partial charge in [0, 0.05) is 25.7 Å². The summed E-state index contributed by atoms with van der Waals surface area (Å²) in [6.07, 6.45) is 1.89. The molecule has 0 atom stereocenters. The Morgan fingerprint density at radius 3 is 2.63 bits per heavy atom. The van der Waals surface area contributed by atoms with Crippen LogP contribution >= 0.6 is 0 Å². The first-order chi connectivity index (χ1) is 9.19. The zero-order chi connectivity index (χ0) is 13.7. The zero-order valence-electron chi connectivity index (χ0n) is 10.5. The van der Waals surface area contributed by atoms with E-state index in [4.69, 9.17) is 0 Å². The summed E-state index contributed by atoms with van der Waals surface area (Å²) in [5.74, 6) is 0.261. The molecule has 0 amide bonds. The fourth-order valence-corrected chi connectivity index (χ4v) is 1.64. The first kappa shape index (κ1) is 13.2. The Morgan fingerprint density at radius 1 is 1.11 bits per heavy atom. The van der Waals surface area contributed by atoms with E-state index < -0.39 is 11.6 Å². The van der Waals surface area contributed by atoms with Crippen LogP contribution in [0, 0.1) is 11.6 Å². The summed E-state index contributed by atoms with van der Waals surface area (Å²) < 4.78 is 26.1. The monoisotopic (exact) mass is 264 g/mol. The molecule has 0 aliphatic rings. The van der Waals surface area contributed by atoms with Crippen LogP contribution in [0.2, 0.25) is 0 Å². The molecule has 2 aromatic rings. The largest absolute Gasteiger partial charge is 0.373 e. The molecule has 100 valence electrons. The zero-order valence-corrected chi connectivity index (χ0v) is 10.5. The number of hydrogen-bond donors (Lipinski definition) is 2. The van der Waals surface area contributed by atoms with E-state index in [9.17, 15) is 8.78 Å². The molecule has 6 heteroatoms. The number of nitrogens with one attached hydrogen (secondary N) is 2. The Bertz CT molecular complexity index is 560. The van der Waals surface area contributed by atoms with E-state index in [1.807, 2.05) is 0 Å². The maximum atomic E-state index is 13.4. The molecule has 4 nitrogen and oxygen atoms in total. The summed E-state index contributed by atoms with van der Waals surface area (Å²) in [5, 5.41) is 5.96. The Hall–Kier alpha value is -2.24. The molecule has 0 bridgehead atoms. The highest BCUT2D eigenvalue weighted by Gasteiger charge is 2.03. The lowest BCUT2D eigenvalue weighted by atomic mass is 10.1. The van der Waals surface area contributed by atoms with Gasteiger partial charge in [-0.3, -0.25) is 0 Å². The molecule has 2 rings (SSSR count). The van der Waals surface area contributed by atoms with Crippen molar-refractivity contribution in [3.05, 3.63) is 47.8 Å². The van der Waals surface area contributed by atoms with Crippen molar-refractivity contribution in [1.29, 1.82) is 0 Å². The Labute approximate surface area is 109 Å².